The van der Waals surface area contributed by atoms with E-state index in [1.165, 1.54) is 6.07 Å². The molecule has 6 aromatic rings. The van der Waals surface area contributed by atoms with Crippen molar-refractivity contribution < 1.29 is 52.8 Å². The molecular formula is C51H52N6O11. The summed E-state index contributed by atoms with van der Waals surface area (Å²) in [5.41, 5.74) is 5.90. The number of fused-ring (bicyclic) bond motifs is 3. The van der Waals surface area contributed by atoms with Crippen LogP contribution in [-0.4, -0.2) is 121 Å². The minimum Gasteiger partial charge on any atom is -0.493 e. The fraction of sp³-hybridized carbons (Fsp3) is 0.314. The number of hydrogen-bond donors (Lipinski definition) is 4. The molecule has 1 saturated heterocycles. The first kappa shape index (κ1) is 47.0. The van der Waals surface area contributed by atoms with Gasteiger partial charge in [-0.15, -0.1) is 0 Å². The van der Waals surface area contributed by atoms with Gasteiger partial charge in [0.05, 0.1) is 68.6 Å². The Morgan fingerprint density at radius 3 is 2.22 bits per heavy atom. The lowest BCUT2D eigenvalue weighted by molar-refractivity contribution is -0.136. The maximum absolute atomic E-state index is 13.3. The molecule has 8 rings (SSSR count). The van der Waals surface area contributed by atoms with E-state index in [9.17, 15) is 33.9 Å². The van der Waals surface area contributed by atoms with Gasteiger partial charge < -0.3 is 34.7 Å². The lowest BCUT2D eigenvalue weighted by Crippen LogP contribution is -2.54. The summed E-state index contributed by atoms with van der Waals surface area (Å²) in [6.07, 6.45) is 1.17. The number of amides is 5. The number of nitrogens with zero attached hydrogens (tertiary/aromatic N) is 3. The Morgan fingerprint density at radius 2 is 1.47 bits per heavy atom. The summed E-state index contributed by atoms with van der Waals surface area (Å²) < 4.78 is 24.7. The van der Waals surface area contributed by atoms with E-state index in [1.54, 1.807) is 16.6 Å². The Bertz CT molecular complexity index is 2880. The molecule has 17 nitrogen and oxygen atoms in total. The summed E-state index contributed by atoms with van der Waals surface area (Å²) in [7, 11) is 0. The smallest absolute Gasteiger partial charge is 0.356 e. The predicted octanol–water partition coefficient (Wildman–Crippen LogP) is 5.77. The van der Waals surface area contributed by atoms with Crippen molar-refractivity contribution in [2.24, 2.45) is 0 Å². The van der Waals surface area contributed by atoms with Crippen molar-refractivity contribution in [3.8, 4) is 17.0 Å². The topological polar surface area (TPSA) is 216 Å². The van der Waals surface area contributed by atoms with Gasteiger partial charge in [-0.05, 0) is 92.1 Å². The van der Waals surface area contributed by atoms with E-state index in [0.29, 0.717) is 81.4 Å². The second kappa shape index (κ2) is 21.4. The number of piperidine rings is 1. The maximum atomic E-state index is 13.3. The van der Waals surface area contributed by atoms with E-state index in [0.717, 1.165) is 43.8 Å². The number of carbonyl (C=O) groups is 6. The predicted molar refractivity (Wildman–Crippen MR) is 251 cm³/mol. The second-order valence-electron chi connectivity index (χ2n) is 16.4. The molecule has 2 aliphatic rings. The summed E-state index contributed by atoms with van der Waals surface area (Å²) in [4.78, 5) is 76.8. The molecule has 4 heterocycles. The number of hydrogen-bond acceptors (Lipinski definition) is 12. The number of anilines is 1. The molecule has 0 saturated carbocycles. The zero-order valence-electron chi connectivity index (χ0n) is 37.8. The minimum atomic E-state index is -1.10. The Labute approximate surface area is 391 Å². The first-order valence-electron chi connectivity index (χ1n) is 22.6. The number of aromatic nitrogens is 2. The van der Waals surface area contributed by atoms with Gasteiger partial charge in [0, 0.05) is 47.3 Å². The molecule has 4 N–H and O–H groups in total. The van der Waals surface area contributed by atoms with Gasteiger partial charge in [-0.1, -0.05) is 48.5 Å². The van der Waals surface area contributed by atoms with Gasteiger partial charge in [-0.3, -0.25) is 34.2 Å². The van der Waals surface area contributed by atoms with Crippen molar-refractivity contribution in [1.82, 2.24) is 25.1 Å². The van der Waals surface area contributed by atoms with E-state index in [-0.39, 0.29) is 48.7 Å². The molecule has 4 aromatic carbocycles. The third-order valence-electron chi connectivity index (χ3n) is 11.9. The number of benzene rings is 4. The largest absolute Gasteiger partial charge is 0.493 e. The maximum Gasteiger partial charge on any atom is 0.356 e. The molecule has 2 aromatic heterocycles. The highest BCUT2D eigenvalue weighted by Crippen LogP contribution is 2.34. The fourth-order valence-corrected chi connectivity index (χ4v) is 8.78. The highest BCUT2D eigenvalue weighted by Gasteiger charge is 2.45. The Balaban J connectivity index is 0.740. The first-order chi connectivity index (χ1) is 33.0. The molecular weight excluding hydrogens is 873 g/mol. The number of aryl methyl sites for hydroxylation is 3. The molecule has 0 radical (unpaired) electrons. The van der Waals surface area contributed by atoms with Crippen molar-refractivity contribution in [2.45, 2.75) is 45.6 Å². The molecule has 1 unspecified atom stereocenters. The van der Waals surface area contributed by atoms with Crippen molar-refractivity contribution in [3.63, 3.8) is 0 Å². The van der Waals surface area contributed by atoms with Crippen LogP contribution in [0.4, 0.5) is 5.69 Å². The zero-order chi connectivity index (χ0) is 47.7. The molecule has 17 heteroatoms. The molecule has 2 aliphatic heterocycles. The van der Waals surface area contributed by atoms with Crippen LogP contribution < -0.4 is 20.7 Å². The van der Waals surface area contributed by atoms with E-state index >= 15 is 0 Å². The second-order valence-corrected chi connectivity index (χ2v) is 16.4. The molecule has 1 fully saturated rings. The Kier molecular flexibility index (Phi) is 14.8. The highest BCUT2D eigenvalue weighted by atomic mass is 16.5. The van der Waals surface area contributed by atoms with E-state index in [2.05, 4.69) is 21.0 Å². The zero-order valence-corrected chi connectivity index (χ0v) is 37.8. The van der Waals surface area contributed by atoms with Crippen molar-refractivity contribution in [3.05, 3.63) is 130 Å². The summed E-state index contributed by atoms with van der Waals surface area (Å²) in [6.45, 7) is 6.72. The monoisotopic (exact) mass is 924 g/mol. The normalized spacial score (nSPS) is 14.7. The van der Waals surface area contributed by atoms with Crippen molar-refractivity contribution >= 4 is 57.5 Å². The molecule has 68 heavy (non-hydrogen) atoms. The number of carboxylic acid groups (broad SMARTS) is 1. The van der Waals surface area contributed by atoms with Crippen LogP contribution in [0.25, 0.3) is 27.5 Å². The molecule has 0 bridgehead atoms. The summed E-state index contributed by atoms with van der Waals surface area (Å²) in [5, 5.41) is 25.1. The van der Waals surface area contributed by atoms with Gasteiger partial charge in [0.2, 0.25) is 11.8 Å². The number of pyridine rings is 1. The first-order valence-corrected chi connectivity index (χ1v) is 22.6. The quantitative estimate of drug-likeness (QED) is 0.0470. The van der Waals surface area contributed by atoms with Crippen molar-refractivity contribution in [1.29, 1.82) is 0 Å². The Morgan fingerprint density at radius 1 is 0.779 bits per heavy atom. The summed E-state index contributed by atoms with van der Waals surface area (Å²) >= 11 is 0. The van der Waals surface area contributed by atoms with Gasteiger partial charge >= 0.3 is 5.97 Å². The van der Waals surface area contributed by atoms with Crippen LogP contribution in [0.3, 0.4) is 0 Å². The SMILES string of the molecule is Cc1cc(C(=O)NCCOCCOCCOCCNc2cccc3c2C(=O)N(C2CCC(=O)NC2=O)C3=O)cc(C)c1-c1cccc2c(CCCOc3cccc4ccccc34)c(C(=O)O)nn12. The standard InChI is InChI=1S/C51H52N6O11/c1-31-29-34(30-32(2)44(31)40-16-7-15-39-36(46(51(63)64)55-57(39)40)13-8-22-68-42-17-5-10-33-9-3-4-11-35(33)42)47(59)53-21-24-66-26-28-67-27-25-65-23-20-52-38-14-6-12-37-45(38)50(62)56(49(37)61)41-18-19-43(58)54-48(41)60/h3-7,9-12,14-17,29-30,41,52H,8,13,18-28H2,1-2H3,(H,53,59)(H,63,64)(H,54,58,60). The number of carbonyl (C=O) groups excluding carboxylic acids is 5. The minimum absolute atomic E-state index is 0.00379. The van der Waals surface area contributed by atoms with Crippen LogP contribution in [0, 0.1) is 13.8 Å². The molecule has 0 aliphatic carbocycles. The number of aromatic carboxylic acids is 1. The van der Waals surface area contributed by atoms with Crippen LogP contribution in [0.2, 0.25) is 0 Å². The van der Waals surface area contributed by atoms with Gasteiger partial charge in [0.15, 0.2) is 5.69 Å². The van der Waals surface area contributed by atoms with Crippen LogP contribution in [0.1, 0.15) is 77.5 Å². The number of ether oxygens (including phenoxy) is 4. The third-order valence-corrected chi connectivity index (χ3v) is 11.9. The van der Waals surface area contributed by atoms with Gasteiger partial charge in [-0.25, -0.2) is 9.31 Å². The lowest BCUT2D eigenvalue weighted by Gasteiger charge is -2.27. The molecule has 1 atom stereocenters. The van der Waals surface area contributed by atoms with Crippen LogP contribution in [-0.2, 0) is 30.2 Å². The van der Waals surface area contributed by atoms with Crippen LogP contribution in [0.15, 0.2) is 91.0 Å². The number of carboxylic acids is 1. The summed E-state index contributed by atoms with van der Waals surface area (Å²) in [6, 6.07) is 27.1. The van der Waals surface area contributed by atoms with Gasteiger partial charge in [-0.2, -0.15) is 5.10 Å². The third kappa shape index (κ3) is 10.2. The lowest BCUT2D eigenvalue weighted by atomic mass is 9.96. The van der Waals surface area contributed by atoms with Gasteiger partial charge in [0.1, 0.15) is 11.8 Å². The number of rotatable bonds is 22. The van der Waals surface area contributed by atoms with E-state index < -0.39 is 35.6 Å². The number of imide groups is 2. The van der Waals surface area contributed by atoms with Crippen LogP contribution >= 0.6 is 0 Å². The highest BCUT2D eigenvalue weighted by molar-refractivity contribution is 6.25. The van der Waals surface area contributed by atoms with Crippen LogP contribution in [0.5, 0.6) is 5.75 Å². The fourth-order valence-electron chi connectivity index (χ4n) is 8.78. The number of nitrogens with one attached hydrogen (secondary N) is 3. The average molecular weight is 925 g/mol. The van der Waals surface area contributed by atoms with Gasteiger partial charge in [0.25, 0.3) is 17.7 Å². The molecule has 5 amide bonds. The Hall–Kier alpha value is -7.47. The van der Waals surface area contributed by atoms with E-state index in [4.69, 9.17) is 18.9 Å². The molecule has 352 valence electrons. The summed E-state index contributed by atoms with van der Waals surface area (Å²) in [5.74, 6) is -2.81. The van der Waals surface area contributed by atoms with Crippen molar-refractivity contribution in [2.75, 3.05) is 64.7 Å². The van der Waals surface area contributed by atoms with E-state index in [1.807, 2.05) is 86.6 Å². The average Bonchev–Trinajstić information content (AvgIpc) is 3.83. The molecule has 0 spiro atoms.